The first-order chi connectivity index (χ1) is 8.63. The van der Waals surface area contributed by atoms with Gasteiger partial charge in [-0.25, -0.2) is 13.1 Å². The van der Waals surface area contributed by atoms with Crippen molar-refractivity contribution in [3.63, 3.8) is 0 Å². The summed E-state index contributed by atoms with van der Waals surface area (Å²) in [6.45, 7) is 1.13. The van der Waals surface area contributed by atoms with Gasteiger partial charge in [-0.15, -0.1) is 0 Å². The van der Waals surface area contributed by atoms with Crippen molar-refractivity contribution >= 4 is 10.0 Å². The predicted octanol–water partition coefficient (Wildman–Crippen LogP) is 0.636. The van der Waals surface area contributed by atoms with E-state index in [2.05, 4.69) is 4.72 Å². The molecule has 0 bridgehead atoms. The van der Waals surface area contributed by atoms with Crippen LogP contribution < -0.4 is 4.72 Å². The van der Waals surface area contributed by atoms with Crippen LogP contribution in [0.1, 0.15) is 38.5 Å². The van der Waals surface area contributed by atoms with Crippen LogP contribution in [0, 0.1) is 5.92 Å². The largest absolute Gasteiger partial charge is 0.396 e. The molecule has 6 heteroatoms. The third-order valence-electron chi connectivity index (χ3n) is 4.07. The van der Waals surface area contributed by atoms with Crippen LogP contribution in [0.15, 0.2) is 0 Å². The van der Waals surface area contributed by atoms with Crippen LogP contribution in [0.4, 0.5) is 0 Å². The van der Waals surface area contributed by atoms with Crippen molar-refractivity contribution in [1.82, 2.24) is 4.72 Å². The first-order valence-corrected chi connectivity index (χ1v) is 8.38. The lowest BCUT2D eigenvalue weighted by Crippen LogP contribution is -2.47. The molecule has 1 heterocycles. The molecule has 2 fully saturated rings. The fraction of sp³-hybridized carbons (Fsp3) is 1.00. The second-order valence-corrected chi connectivity index (χ2v) is 7.30. The van der Waals surface area contributed by atoms with Gasteiger partial charge in [-0.1, -0.05) is 12.8 Å². The molecule has 18 heavy (non-hydrogen) atoms. The van der Waals surface area contributed by atoms with Gasteiger partial charge in [0.05, 0.1) is 5.25 Å². The Bertz CT molecular complexity index is 351. The van der Waals surface area contributed by atoms with Gasteiger partial charge in [0.2, 0.25) is 10.0 Å². The molecule has 0 amide bonds. The molecular formula is C12H23NO4S. The van der Waals surface area contributed by atoms with E-state index in [4.69, 9.17) is 4.74 Å². The van der Waals surface area contributed by atoms with E-state index >= 15 is 0 Å². The van der Waals surface area contributed by atoms with Gasteiger partial charge in [0, 0.05) is 25.9 Å². The highest BCUT2D eigenvalue weighted by atomic mass is 32.2. The van der Waals surface area contributed by atoms with Gasteiger partial charge in [-0.2, -0.15) is 0 Å². The average molecular weight is 277 g/mol. The van der Waals surface area contributed by atoms with Gasteiger partial charge < -0.3 is 9.84 Å². The highest BCUT2D eigenvalue weighted by Crippen LogP contribution is 2.26. The second kappa shape index (κ2) is 6.32. The van der Waals surface area contributed by atoms with E-state index in [-0.39, 0.29) is 23.8 Å². The Balaban J connectivity index is 1.97. The fourth-order valence-corrected chi connectivity index (χ4v) is 4.61. The number of nitrogens with one attached hydrogen (secondary N) is 1. The maximum absolute atomic E-state index is 12.3. The molecule has 2 aliphatic rings. The van der Waals surface area contributed by atoms with Crippen molar-refractivity contribution in [2.75, 3.05) is 19.8 Å². The molecule has 1 aliphatic carbocycles. The molecule has 0 aromatic carbocycles. The summed E-state index contributed by atoms with van der Waals surface area (Å²) in [4.78, 5) is 0. The van der Waals surface area contributed by atoms with E-state index < -0.39 is 10.0 Å². The summed E-state index contributed by atoms with van der Waals surface area (Å²) < 4.78 is 32.6. The molecule has 0 aromatic rings. The SMILES string of the molecule is O=S(=O)(NC1CCCCC1CO)C1CCOCC1. The van der Waals surface area contributed by atoms with Crippen LogP contribution in [0.3, 0.4) is 0 Å². The van der Waals surface area contributed by atoms with Crippen LogP contribution >= 0.6 is 0 Å². The summed E-state index contributed by atoms with van der Waals surface area (Å²) in [5, 5.41) is 8.99. The number of aliphatic hydroxyl groups is 1. The van der Waals surface area contributed by atoms with Crippen LogP contribution in [-0.4, -0.2) is 44.6 Å². The van der Waals surface area contributed by atoms with Crippen LogP contribution in [0.2, 0.25) is 0 Å². The number of sulfonamides is 1. The Kier molecular flexibility index (Phi) is 5.00. The molecule has 0 aromatic heterocycles. The monoisotopic (exact) mass is 277 g/mol. The standard InChI is InChI=1S/C12H23NO4S/c14-9-10-3-1-2-4-12(10)13-18(15,16)11-5-7-17-8-6-11/h10-14H,1-9H2. The minimum atomic E-state index is -3.27. The minimum absolute atomic E-state index is 0.0704. The Morgan fingerprint density at radius 2 is 1.78 bits per heavy atom. The molecule has 1 saturated heterocycles. The lowest BCUT2D eigenvalue weighted by molar-refractivity contribution is 0.0977. The Hall–Kier alpha value is -0.170. The summed E-state index contributed by atoms with van der Waals surface area (Å²) >= 11 is 0. The van der Waals surface area contributed by atoms with Crippen molar-refractivity contribution in [3.8, 4) is 0 Å². The number of ether oxygens (including phenoxy) is 1. The zero-order valence-corrected chi connectivity index (χ0v) is 11.5. The molecule has 5 nitrogen and oxygen atoms in total. The first-order valence-electron chi connectivity index (χ1n) is 6.83. The molecule has 106 valence electrons. The topological polar surface area (TPSA) is 75.6 Å². The van der Waals surface area contributed by atoms with Crippen LogP contribution in [-0.2, 0) is 14.8 Å². The number of hydrogen-bond donors (Lipinski definition) is 2. The quantitative estimate of drug-likeness (QED) is 0.790. The molecule has 2 unspecified atom stereocenters. The van der Waals surface area contributed by atoms with Crippen molar-refractivity contribution in [2.24, 2.45) is 5.92 Å². The zero-order chi connectivity index (χ0) is 13.0. The van der Waals surface area contributed by atoms with E-state index in [0.29, 0.717) is 26.1 Å². The zero-order valence-electron chi connectivity index (χ0n) is 10.7. The number of rotatable bonds is 4. The number of aliphatic hydroxyl groups excluding tert-OH is 1. The van der Waals surface area contributed by atoms with E-state index in [1.807, 2.05) is 0 Å². The molecule has 2 rings (SSSR count). The van der Waals surface area contributed by atoms with Gasteiger partial charge >= 0.3 is 0 Å². The highest BCUT2D eigenvalue weighted by Gasteiger charge is 2.33. The Morgan fingerprint density at radius 1 is 1.11 bits per heavy atom. The summed E-state index contributed by atoms with van der Waals surface area (Å²) in [5.41, 5.74) is 0. The maximum Gasteiger partial charge on any atom is 0.214 e. The molecule has 0 radical (unpaired) electrons. The predicted molar refractivity (Wildman–Crippen MR) is 68.7 cm³/mol. The molecule has 2 N–H and O–H groups in total. The minimum Gasteiger partial charge on any atom is -0.396 e. The normalized spacial score (nSPS) is 31.4. The van der Waals surface area contributed by atoms with Gasteiger partial charge in [-0.05, 0) is 31.6 Å². The van der Waals surface area contributed by atoms with Crippen LogP contribution in [0.5, 0.6) is 0 Å². The summed E-state index contributed by atoms with van der Waals surface area (Å²) in [7, 11) is -3.27. The van der Waals surface area contributed by atoms with Gasteiger partial charge in [0.1, 0.15) is 0 Å². The summed E-state index contributed by atoms with van der Waals surface area (Å²) in [6.07, 6.45) is 5.03. The van der Waals surface area contributed by atoms with E-state index in [1.165, 1.54) is 0 Å². The highest BCUT2D eigenvalue weighted by molar-refractivity contribution is 7.90. The van der Waals surface area contributed by atoms with Crippen molar-refractivity contribution in [3.05, 3.63) is 0 Å². The first kappa shape index (κ1) is 14.2. The van der Waals surface area contributed by atoms with Crippen molar-refractivity contribution in [2.45, 2.75) is 49.8 Å². The fourth-order valence-electron chi connectivity index (χ4n) is 2.87. The van der Waals surface area contributed by atoms with E-state index in [9.17, 15) is 13.5 Å². The third kappa shape index (κ3) is 3.44. The smallest absolute Gasteiger partial charge is 0.214 e. The number of hydrogen-bond acceptors (Lipinski definition) is 4. The average Bonchev–Trinajstić information content (AvgIpc) is 2.40. The Labute approximate surface area is 109 Å². The molecule has 2 atom stereocenters. The van der Waals surface area contributed by atoms with E-state index in [1.54, 1.807) is 0 Å². The van der Waals surface area contributed by atoms with Crippen LogP contribution in [0.25, 0.3) is 0 Å². The molecule has 1 saturated carbocycles. The lowest BCUT2D eigenvalue weighted by Gasteiger charge is -2.32. The third-order valence-corrected chi connectivity index (χ3v) is 6.05. The second-order valence-electron chi connectivity index (χ2n) is 5.31. The van der Waals surface area contributed by atoms with Gasteiger partial charge in [0.15, 0.2) is 0 Å². The van der Waals surface area contributed by atoms with Crippen molar-refractivity contribution < 1.29 is 18.3 Å². The van der Waals surface area contributed by atoms with Gasteiger partial charge in [-0.3, -0.25) is 0 Å². The lowest BCUT2D eigenvalue weighted by atomic mass is 9.86. The summed E-state index contributed by atoms with van der Waals surface area (Å²) in [5.74, 6) is 0.0772. The summed E-state index contributed by atoms with van der Waals surface area (Å²) in [6, 6.07) is -0.0865. The van der Waals surface area contributed by atoms with Gasteiger partial charge in [0.25, 0.3) is 0 Å². The van der Waals surface area contributed by atoms with Crippen molar-refractivity contribution in [1.29, 1.82) is 0 Å². The maximum atomic E-state index is 12.3. The molecule has 1 aliphatic heterocycles. The Morgan fingerprint density at radius 3 is 2.44 bits per heavy atom. The van der Waals surface area contributed by atoms with E-state index in [0.717, 1.165) is 25.7 Å². The molecular weight excluding hydrogens is 254 g/mol. The molecule has 0 spiro atoms.